The summed E-state index contributed by atoms with van der Waals surface area (Å²) in [6.07, 6.45) is 0. The fourth-order valence-electron chi connectivity index (χ4n) is 2.99. The van der Waals surface area contributed by atoms with Crippen molar-refractivity contribution in [3.8, 4) is 11.5 Å². The molecule has 0 amide bonds. The summed E-state index contributed by atoms with van der Waals surface area (Å²) in [4.78, 5) is 0. The molecule has 0 heterocycles. The van der Waals surface area contributed by atoms with Crippen LogP contribution in [0.2, 0.25) is 5.02 Å². The van der Waals surface area contributed by atoms with Crippen LogP contribution < -0.4 is 14.8 Å². The normalized spacial score (nSPS) is 11.4. The first-order valence-corrected chi connectivity index (χ1v) is 9.77. The van der Waals surface area contributed by atoms with Crippen molar-refractivity contribution in [1.82, 2.24) is 5.32 Å². The second kappa shape index (κ2) is 11.1. The van der Waals surface area contributed by atoms with E-state index in [0.29, 0.717) is 29.7 Å². The first-order valence-electron chi connectivity index (χ1n) is 9.40. The highest BCUT2D eigenvalue weighted by Crippen LogP contribution is 2.37. The molecule has 0 saturated carbocycles. The van der Waals surface area contributed by atoms with Gasteiger partial charge in [0, 0.05) is 12.6 Å². The van der Waals surface area contributed by atoms with Crippen LogP contribution in [0, 0.1) is 6.92 Å². The minimum atomic E-state index is 0. The van der Waals surface area contributed by atoms with Gasteiger partial charge in [0.1, 0.15) is 6.61 Å². The maximum Gasteiger partial charge on any atom is 0.180 e. The molecule has 1 unspecified atom stereocenters. The van der Waals surface area contributed by atoms with Crippen LogP contribution in [0.5, 0.6) is 11.5 Å². The Hall–Kier alpha value is -2.20. The van der Waals surface area contributed by atoms with Crippen LogP contribution >= 0.6 is 24.0 Å². The Balaban J connectivity index is 0.00000300. The molecule has 0 spiro atoms. The van der Waals surface area contributed by atoms with Gasteiger partial charge in [0.25, 0.3) is 0 Å². The number of aryl methyl sites for hydroxylation is 1. The highest BCUT2D eigenvalue weighted by Gasteiger charge is 2.13. The van der Waals surface area contributed by atoms with Crippen molar-refractivity contribution < 1.29 is 9.47 Å². The van der Waals surface area contributed by atoms with E-state index >= 15 is 0 Å². The Morgan fingerprint density at radius 2 is 1.66 bits per heavy atom. The van der Waals surface area contributed by atoms with E-state index in [9.17, 15) is 0 Å². The van der Waals surface area contributed by atoms with Gasteiger partial charge in [-0.05, 0) is 42.7 Å². The summed E-state index contributed by atoms with van der Waals surface area (Å²) in [7, 11) is 1.63. The fraction of sp³-hybridized carbons (Fsp3) is 0.250. The summed E-state index contributed by atoms with van der Waals surface area (Å²) in [6, 6.07) is 22.7. The lowest BCUT2D eigenvalue weighted by molar-refractivity contribution is 0.284. The fourth-order valence-corrected chi connectivity index (χ4v) is 3.27. The van der Waals surface area contributed by atoms with Crippen LogP contribution in [0.4, 0.5) is 0 Å². The molecule has 0 aromatic heterocycles. The average molecular weight is 432 g/mol. The van der Waals surface area contributed by atoms with Crippen LogP contribution in [0.1, 0.15) is 35.2 Å². The van der Waals surface area contributed by atoms with E-state index in [0.717, 1.165) is 11.1 Å². The minimum Gasteiger partial charge on any atom is -0.493 e. The van der Waals surface area contributed by atoms with Crippen molar-refractivity contribution in [2.24, 2.45) is 0 Å². The molecule has 154 valence electrons. The smallest absolute Gasteiger partial charge is 0.180 e. The zero-order chi connectivity index (χ0) is 19.9. The first-order chi connectivity index (χ1) is 13.6. The highest BCUT2D eigenvalue weighted by molar-refractivity contribution is 6.32. The summed E-state index contributed by atoms with van der Waals surface area (Å²) in [5.41, 5.74) is 4.61. The molecular formula is C24H27Cl2NO2. The minimum absolute atomic E-state index is 0. The summed E-state index contributed by atoms with van der Waals surface area (Å²) in [5, 5.41) is 4.07. The van der Waals surface area contributed by atoms with E-state index in [1.165, 1.54) is 11.1 Å². The quantitative estimate of drug-likeness (QED) is 0.440. The number of benzene rings is 3. The number of hydrogen-bond donors (Lipinski definition) is 1. The average Bonchev–Trinajstić information content (AvgIpc) is 2.72. The van der Waals surface area contributed by atoms with E-state index in [4.69, 9.17) is 21.1 Å². The van der Waals surface area contributed by atoms with Gasteiger partial charge in [-0.2, -0.15) is 0 Å². The van der Waals surface area contributed by atoms with E-state index in [1.54, 1.807) is 7.11 Å². The highest BCUT2D eigenvalue weighted by atomic mass is 35.5. The summed E-state index contributed by atoms with van der Waals surface area (Å²) in [5.74, 6) is 1.22. The Labute approximate surface area is 184 Å². The van der Waals surface area contributed by atoms with E-state index in [1.807, 2.05) is 30.3 Å². The third kappa shape index (κ3) is 6.40. The number of rotatable bonds is 8. The summed E-state index contributed by atoms with van der Waals surface area (Å²) < 4.78 is 11.5. The number of halogens is 2. The Kier molecular flexibility index (Phi) is 8.84. The van der Waals surface area contributed by atoms with E-state index in [-0.39, 0.29) is 18.4 Å². The van der Waals surface area contributed by atoms with Crippen molar-refractivity contribution in [1.29, 1.82) is 0 Å². The molecule has 3 aromatic carbocycles. The third-order valence-electron chi connectivity index (χ3n) is 4.70. The lowest BCUT2D eigenvalue weighted by Gasteiger charge is -2.17. The molecule has 3 nitrogen and oxygen atoms in total. The van der Waals surface area contributed by atoms with Crippen LogP contribution in [0.3, 0.4) is 0 Å². The van der Waals surface area contributed by atoms with Crippen LogP contribution in [0.25, 0.3) is 0 Å². The number of hydrogen-bond acceptors (Lipinski definition) is 3. The lowest BCUT2D eigenvalue weighted by atomic mass is 10.1. The van der Waals surface area contributed by atoms with Crippen LogP contribution in [-0.4, -0.2) is 7.11 Å². The maximum atomic E-state index is 6.50. The topological polar surface area (TPSA) is 30.5 Å². The molecule has 0 aliphatic heterocycles. The molecule has 3 aromatic rings. The molecule has 5 heteroatoms. The van der Waals surface area contributed by atoms with Crippen molar-refractivity contribution in [2.45, 2.75) is 33.0 Å². The second-order valence-corrected chi connectivity index (χ2v) is 7.30. The van der Waals surface area contributed by atoms with Gasteiger partial charge in [-0.1, -0.05) is 71.8 Å². The molecule has 1 atom stereocenters. The Bertz CT molecular complexity index is 899. The Morgan fingerprint density at radius 1 is 0.966 bits per heavy atom. The zero-order valence-electron chi connectivity index (χ0n) is 16.9. The standard InChI is InChI=1S/C24H26ClNO2.ClH/c1-17-9-11-19(12-10-17)16-28-24-22(25)13-20(14-23(24)27-3)15-26-18(2)21-7-5-4-6-8-21;/h4-14,18,26H,15-16H2,1-3H3;1H. The molecular weight excluding hydrogens is 405 g/mol. The van der Waals surface area contributed by atoms with Gasteiger partial charge in [-0.25, -0.2) is 0 Å². The predicted octanol–water partition coefficient (Wildman–Crippen LogP) is 6.51. The van der Waals surface area contributed by atoms with Gasteiger partial charge in [0.05, 0.1) is 12.1 Å². The first kappa shape index (κ1) is 23.1. The van der Waals surface area contributed by atoms with E-state index < -0.39 is 0 Å². The van der Waals surface area contributed by atoms with Gasteiger partial charge >= 0.3 is 0 Å². The second-order valence-electron chi connectivity index (χ2n) is 6.90. The zero-order valence-corrected chi connectivity index (χ0v) is 18.5. The van der Waals surface area contributed by atoms with Gasteiger partial charge < -0.3 is 14.8 Å². The summed E-state index contributed by atoms with van der Waals surface area (Å²) in [6.45, 7) is 5.34. The number of ether oxygens (including phenoxy) is 2. The molecule has 1 N–H and O–H groups in total. The monoisotopic (exact) mass is 431 g/mol. The molecule has 0 fully saturated rings. The lowest BCUT2D eigenvalue weighted by Crippen LogP contribution is -2.18. The van der Waals surface area contributed by atoms with Crippen molar-refractivity contribution in [3.63, 3.8) is 0 Å². The largest absolute Gasteiger partial charge is 0.493 e. The van der Waals surface area contributed by atoms with Gasteiger partial charge in [-0.3, -0.25) is 0 Å². The van der Waals surface area contributed by atoms with Gasteiger partial charge in [0.15, 0.2) is 11.5 Å². The van der Waals surface area contributed by atoms with Gasteiger partial charge in [-0.15, -0.1) is 12.4 Å². The molecule has 0 saturated heterocycles. The molecule has 29 heavy (non-hydrogen) atoms. The predicted molar refractivity (Wildman–Crippen MR) is 122 cm³/mol. The van der Waals surface area contributed by atoms with Crippen molar-refractivity contribution >= 4 is 24.0 Å². The Morgan fingerprint density at radius 3 is 2.31 bits per heavy atom. The van der Waals surface area contributed by atoms with Gasteiger partial charge in [0.2, 0.25) is 0 Å². The molecule has 0 radical (unpaired) electrons. The SMILES string of the molecule is COc1cc(CNC(C)c2ccccc2)cc(Cl)c1OCc1ccc(C)cc1.Cl. The molecule has 0 bridgehead atoms. The van der Waals surface area contributed by atoms with Crippen LogP contribution in [0.15, 0.2) is 66.7 Å². The number of methoxy groups -OCH3 is 1. The molecule has 0 aliphatic carbocycles. The summed E-state index contributed by atoms with van der Waals surface area (Å²) >= 11 is 6.50. The van der Waals surface area contributed by atoms with Crippen LogP contribution in [-0.2, 0) is 13.2 Å². The maximum absolute atomic E-state index is 6.50. The number of nitrogens with one attached hydrogen (secondary N) is 1. The van der Waals surface area contributed by atoms with E-state index in [2.05, 4.69) is 55.6 Å². The van der Waals surface area contributed by atoms with Crippen molar-refractivity contribution in [3.05, 3.63) is 94.0 Å². The third-order valence-corrected chi connectivity index (χ3v) is 4.99. The van der Waals surface area contributed by atoms with Crippen molar-refractivity contribution in [2.75, 3.05) is 7.11 Å². The molecule has 0 aliphatic rings. The molecule has 3 rings (SSSR count).